The van der Waals surface area contributed by atoms with Crippen LogP contribution in [0.1, 0.15) is 12.5 Å². The number of anilines is 1. The summed E-state index contributed by atoms with van der Waals surface area (Å²) in [4.78, 5) is 23.8. The minimum atomic E-state index is -1.72. The third-order valence-electron chi connectivity index (χ3n) is 3.30. The summed E-state index contributed by atoms with van der Waals surface area (Å²) in [6, 6.07) is 6.07. The van der Waals surface area contributed by atoms with Gasteiger partial charge in [-0.05, 0) is 36.8 Å². The van der Waals surface area contributed by atoms with E-state index in [0.717, 1.165) is 6.07 Å². The van der Waals surface area contributed by atoms with Crippen LogP contribution in [0.15, 0.2) is 30.3 Å². The van der Waals surface area contributed by atoms with E-state index in [4.69, 9.17) is 27.9 Å². The zero-order valence-corrected chi connectivity index (χ0v) is 14.8. The van der Waals surface area contributed by atoms with Crippen LogP contribution in [-0.2, 0) is 20.7 Å². The number of rotatable bonds is 5. The van der Waals surface area contributed by atoms with Crippen LogP contribution in [0.4, 0.5) is 18.9 Å². The van der Waals surface area contributed by atoms with Crippen molar-refractivity contribution in [3.63, 3.8) is 0 Å². The molecule has 1 atom stereocenters. The Hall–Kier alpha value is -2.25. The molecule has 0 radical (unpaired) electrons. The summed E-state index contributed by atoms with van der Waals surface area (Å²) in [7, 11) is 0. The van der Waals surface area contributed by atoms with Crippen molar-refractivity contribution in [3.8, 4) is 0 Å². The van der Waals surface area contributed by atoms with E-state index in [1.54, 1.807) is 6.07 Å². The summed E-state index contributed by atoms with van der Waals surface area (Å²) in [5.74, 6) is -6.30. The molecule has 0 aliphatic heterocycles. The molecule has 2 rings (SSSR count). The van der Waals surface area contributed by atoms with Crippen LogP contribution < -0.4 is 5.32 Å². The van der Waals surface area contributed by atoms with Crippen LogP contribution in [0.2, 0.25) is 10.0 Å². The molecule has 0 aromatic heterocycles. The van der Waals surface area contributed by atoms with E-state index >= 15 is 0 Å². The first kappa shape index (κ1) is 20.1. The summed E-state index contributed by atoms with van der Waals surface area (Å²) < 4.78 is 44.5. The minimum Gasteiger partial charge on any atom is -0.452 e. The number of hydrogen-bond donors (Lipinski definition) is 1. The summed E-state index contributed by atoms with van der Waals surface area (Å²) in [5.41, 5.74) is -0.0510. The number of amides is 1. The fraction of sp³-hybridized carbons (Fsp3) is 0.176. The molecule has 1 unspecified atom stereocenters. The molecule has 0 heterocycles. The van der Waals surface area contributed by atoms with Gasteiger partial charge < -0.3 is 10.1 Å². The lowest BCUT2D eigenvalue weighted by molar-refractivity contribution is -0.152. The van der Waals surface area contributed by atoms with Gasteiger partial charge in [-0.3, -0.25) is 9.59 Å². The average Bonchev–Trinajstić information content (AvgIpc) is 2.58. The van der Waals surface area contributed by atoms with Crippen molar-refractivity contribution in [2.45, 2.75) is 19.4 Å². The molecule has 0 aliphatic carbocycles. The van der Waals surface area contributed by atoms with E-state index in [-0.39, 0.29) is 11.4 Å². The van der Waals surface area contributed by atoms with Crippen LogP contribution >= 0.6 is 23.2 Å². The van der Waals surface area contributed by atoms with Crippen LogP contribution in [0.25, 0.3) is 0 Å². The van der Waals surface area contributed by atoms with E-state index in [2.05, 4.69) is 0 Å². The zero-order valence-electron chi connectivity index (χ0n) is 13.3. The number of ether oxygens (including phenoxy) is 1. The largest absolute Gasteiger partial charge is 0.452 e. The first-order valence-corrected chi connectivity index (χ1v) is 8.02. The smallest absolute Gasteiger partial charge is 0.311 e. The first-order valence-electron chi connectivity index (χ1n) is 7.26. The lowest BCUT2D eigenvalue weighted by atomic mass is 10.1. The summed E-state index contributed by atoms with van der Waals surface area (Å²) in [6.45, 7) is 1.25. The maximum absolute atomic E-state index is 13.5. The van der Waals surface area contributed by atoms with Gasteiger partial charge in [-0.15, -0.1) is 0 Å². The summed E-state index contributed by atoms with van der Waals surface area (Å²) >= 11 is 11.6. The highest BCUT2D eigenvalue weighted by atomic mass is 35.5. The van der Waals surface area contributed by atoms with Crippen LogP contribution in [0.3, 0.4) is 0 Å². The Morgan fingerprint density at radius 3 is 2.42 bits per heavy atom. The van der Waals surface area contributed by atoms with Crippen LogP contribution in [0.5, 0.6) is 0 Å². The number of benzene rings is 2. The average molecular weight is 406 g/mol. The summed E-state index contributed by atoms with van der Waals surface area (Å²) in [5, 5.41) is 2.61. The van der Waals surface area contributed by atoms with Gasteiger partial charge in [-0.25, -0.2) is 13.2 Å². The number of esters is 1. The number of carbonyl (C=O) groups is 2. The van der Waals surface area contributed by atoms with Gasteiger partial charge in [-0.2, -0.15) is 0 Å². The highest BCUT2D eigenvalue weighted by Gasteiger charge is 2.21. The molecular weight excluding hydrogens is 394 g/mol. The molecule has 0 bridgehead atoms. The summed E-state index contributed by atoms with van der Waals surface area (Å²) in [6.07, 6.45) is -1.47. The van der Waals surface area contributed by atoms with Gasteiger partial charge in [0.25, 0.3) is 5.91 Å². The van der Waals surface area contributed by atoms with Gasteiger partial charge in [0.1, 0.15) is 0 Å². The molecule has 9 heteroatoms. The molecule has 0 spiro atoms. The molecule has 26 heavy (non-hydrogen) atoms. The van der Waals surface area contributed by atoms with Crippen LogP contribution in [-0.4, -0.2) is 18.0 Å². The Balaban J connectivity index is 1.97. The molecule has 4 nitrogen and oxygen atoms in total. The van der Waals surface area contributed by atoms with Gasteiger partial charge in [0, 0.05) is 0 Å². The fourth-order valence-electron chi connectivity index (χ4n) is 1.97. The first-order chi connectivity index (χ1) is 12.2. The highest BCUT2D eigenvalue weighted by Crippen LogP contribution is 2.23. The van der Waals surface area contributed by atoms with Crippen molar-refractivity contribution in [1.29, 1.82) is 0 Å². The Morgan fingerprint density at radius 2 is 1.77 bits per heavy atom. The number of halogens is 5. The van der Waals surface area contributed by atoms with E-state index in [0.29, 0.717) is 16.7 Å². The monoisotopic (exact) mass is 405 g/mol. The Morgan fingerprint density at radius 1 is 1.08 bits per heavy atom. The maximum atomic E-state index is 13.5. The molecule has 0 aliphatic rings. The van der Waals surface area contributed by atoms with Crippen molar-refractivity contribution < 1.29 is 27.5 Å². The number of nitrogens with one attached hydrogen (secondary N) is 1. The van der Waals surface area contributed by atoms with Gasteiger partial charge in [0.2, 0.25) is 0 Å². The Kier molecular flexibility index (Phi) is 6.50. The molecule has 138 valence electrons. The van der Waals surface area contributed by atoms with Gasteiger partial charge >= 0.3 is 5.97 Å². The highest BCUT2D eigenvalue weighted by molar-refractivity contribution is 6.42. The van der Waals surface area contributed by atoms with E-state index < -0.39 is 41.1 Å². The molecule has 0 saturated carbocycles. The lowest BCUT2D eigenvalue weighted by Gasteiger charge is -2.14. The predicted octanol–water partition coefficient (Wildman–Crippen LogP) is 4.52. The Labute approximate surface area is 156 Å². The van der Waals surface area contributed by atoms with Crippen molar-refractivity contribution >= 4 is 40.8 Å². The second kappa shape index (κ2) is 8.42. The van der Waals surface area contributed by atoms with Crippen molar-refractivity contribution in [1.82, 2.24) is 0 Å². The maximum Gasteiger partial charge on any atom is 0.311 e. The van der Waals surface area contributed by atoms with E-state index in [1.165, 1.54) is 19.1 Å². The number of hydrogen-bond acceptors (Lipinski definition) is 3. The molecule has 1 N–H and O–H groups in total. The molecule has 2 aromatic rings. The number of carbonyl (C=O) groups excluding carboxylic acids is 2. The Bertz CT molecular complexity index is 861. The van der Waals surface area contributed by atoms with Gasteiger partial charge in [-0.1, -0.05) is 29.3 Å². The predicted molar refractivity (Wildman–Crippen MR) is 90.7 cm³/mol. The molecule has 1 amide bonds. The molecular formula is C17H12Cl2F3NO3. The zero-order chi connectivity index (χ0) is 19.4. The molecule has 2 aromatic carbocycles. The van der Waals surface area contributed by atoms with Crippen molar-refractivity contribution in [2.75, 3.05) is 5.32 Å². The molecule has 0 saturated heterocycles. The topological polar surface area (TPSA) is 55.4 Å². The third-order valence-corrected chi connectivity index (χ3v) is 4.04. The standard InChI is InChI=1S/C17H12Cl2F3NO3/c1-8(17(25)23-13-5-4-12(20)15(21)16(13)22)26-14(24)7-9-2-3-10(18)11(19)6-9/h2-6,8H,7H2,1H3,(H,23,25). The van der Waals surface area contributed by atoms with Gasteiger partial charge in [0.05, 0.1) is 22.2 Å². The van der Waals surface area contributed by atoms with Crippen molar-refractivity contribution in [2.24, 2.45) is 0 Å². The van der Waals surface area contributed by atoms with Gasteiger partial charge in [0.15, 0.2) is 23.6 Å². The van der Waals surface area contributed by atoms with Crippen LogP contribution in [0, 0.1) is 17.5 Å². The SMILES string of the molecule is CC(OC(=O)Cc1ccc(Cl)c(Cl)c1)C(=O)Nc1ccc(F)c(F)c1F. The minimum absolute atomic E-state index is 0.173. The second-order valence-electron chi connectivity index (χ2n) is 5.27. The normalized spacial score (nSPS) is 11.8. The van der Waals surface area contributed by atoms with E-state index in [9.17, 15) is 22.8 Å². The fourth-order valence-corrected chi connectivity index (χ4v) is 2.29. The quantitative estimate of drug-likeness (QED) is 0.587. The third kappa shape index (κ3) is 4.89. The van der Waals surface area contributed by atoms with Crippen molar-refractivity contribution in [3.05, 3.63) is 63.4 Å². The lowest BCUT2D eigenvalue weighted by Crippen LogP contribution is -2.31. The second-order valence-corrected chi connectivity index (χ2v) is 6.08. The molecule has 0 fully saturated rings. The van der Waals surface area contributed by atoms with E-state index in [1.807, 2.05) is 5.32 Å².